The zero-order chi connectivity index (χ0) is 17.6. The Bertz CT molecular complexity index is 740. The van der Waals surface area contributed by atoms with E-state index >= 15 is 0 Å². The molecule has 0 radical (unpaired) electrons. The van der Waals surface area contributed by atoms with Gasteiger partial charge in [0.1, 0.15) is 0 Å². The van der Waals surface area contributed by atoms with Crippen LogP contribution in [0.3, 0.4) is 0 Å². The number of halogens is 8. The van der Waals surface area contributed by atoms with Crippen LogP contribution in [0.2, 0.25) is 0 Å². The lowest BCUT2D eigenvalue weighted by Crippen LogP contribution is -2.44. The molecule has 23 heavy (non-hydrogen) atoms. The molecule has 124 valence electrons. The standard InChI is InChI=1S/C15H8F8/c1-7-5-6-9(15(22,23)14(7,20)21)13(19)12(18)8-3-2-4-10(16)11(8)17/h2-6H,1H3/b13-12+. The predicted octanol–water partition coefficient (Wildman–Crippen LogP) is 5.73. The van der Waals surface area contributed by atoms with Crippen molar-refractivity contribution in [2.24, 2.45) is 0 Å². The summed E-state index contributed by atoms with van der Waals surface area (Å²) >= 11 is 0. The molecule has 1 aliphatic rings. The zero-order valence-corrected chi connectivity index (χ0v) is 11.4. The van der Waals surface area contributed by atoms with Gasteiger partial charge in [0.2, 0.25) is 0 Å². The molecule has 8 heteroatoms. The van der Waals surface area contributed by atoms with Gasteiger partial charge in [0, 0.05) is 5.57 Å². The molecule has 1 aromatic carbocycles. The first-order valence-corrected chi connectivity index (χ1v) is 6.17. The van der Waals surface area contributed by atoms with Crippen LogP contribution in [0.5, 0.6) is 0 Å². The van der Waals surface area contributed by atoms with Gasteiger partial charge in [-0.1, -0.05) is 12.1 Å². The molecule has 0 atom stereocenters. The third kappa shape index (κ3) is 2.55. The molecular formula is C15H8F8. The first kappa shape index (κ1) is 17.2. The van der Waals surface area contributed by atoms with Crippen molar-refractivity contribution in [2.75, 3.05) is 0 Å². The Morgan fingerprint density at radius 3 is 2.09 bits per heavy atom. The number of hydrogen-bond donors (Lipinski definition) is 0. The topological polar surface area (TPSA) is 0 Å². The van der Waals surface area contributed by atoms with Crippen molar-refractivity contribution in [3.8, 4) is 0 Å². The van der Waals surface area contributed by atoms with Crippen LogP contribution in [0.25, 0.3) is 5.83 Å². The fraction of sp³-hybridized carbons (Fsp3) is 0.200. The Morgan fingerprint density at radius 2 is 1.48 bits per heavy atom. The van der Waals surface area contributed by atoms with Crippen molar-refractivity contribution in [3.63, 3.8) is 0 Å². The second-order valence-corrected chi connectivity index (χ2v) is 4.81. The van der Waals surface area contributed by atoms with E-state index in [9.17, 15) is 35.1 Å². The lowest BCUT2D eigenvalue weighted by atomic mass is 9.90. The predicted molar refractivity (Wildman–Crippen MR) is 67.2 cm³/mol. The molecule has 0 unspecified atom stereocenters. The minimum absolute atomic E-state index is 0.277. The summed E-state index contributed by atoms with van der Waals surface area (Å²) in [6.07, 6.45) is 0.778. The van der Waals surface area contributed by atoms with E-state index in [2.05, 4.69) is 0 Å². The highest BCUT2D eigenvalue weighted by atomic mass is 19.3. The second-order valence-electron chi connectivity index (χ2n) is 4.81. The minimum Gasteiger partial charge on any atom is -0.204 e. The monoisotopic (exact) mass is 340 g/mol. The van der Waals surface area contributed by atoms with E-state index in [1.165, 1.54) is 0 Å². The highest BCUT2D eigenvalue weighted by Crippen LogP contribution is 2.50. The maximum absolute atomic E-state index is 14.0. The van der Waals surface area contributed by atoms with Gasteiger partial charge in [0.25, 0.3) is 0 Å². The normalized spacial score (nSPS) is 20.6. The molecule has 2 rings (SSSR count). The summed E-state index contributed by atoms with van der Waals surface area (Å²) in [5, 5.41) is 0. The molecule has 0 heterocycles. The summed E-state index contributed by atoms with van der Waals surface area (Å²) in [6.45, 7) is 0.700. The Hall–Kier alpha value is -2.12. The maximum atomic E-state index is 14.0. The van der Waals surface area contributed by atoms with Crippen LogP contribution in [-0.4, -0.2) is 11.8 Å². The van der Waals surface area contributed by atoms with Gasteiger partial charge in [-0.3, -0.25) is 0 Å². The number of hydrogen-bond acceptors (Lipinski definition) is 0. The van der Waals surface area contributed by atoms with Gasteiger partial charge in [0.05, 0.1) is 11.1 Å². The van der Waals surface area contributed by atoms with Crippen molar-refractivity contribution in [3.05, 3.63) is 64.5 Å². The minimum atomic E-state index is -5.04. The zero-order valence-electron chi connectivity index (χ0n) is 11.4. The number of rotatable bonds is 2. The Kier molecular flexibility index (Phi) is 4.13. The molecule has 0 aliphatic heterocycles. The summed E-state index contributed by atoms with van der Waals surface area (Å²) in [7, 11) is 0. The lowest BCUT2D eigenvalue weighted by Gasteiger charge is -2.31. The highest BCUT2D eigenvalue weighted by Gasteiger charge is 2.62. The van der Waals surface area contributed by atoms with Crippen LogP contribution in [0.15, 0.2) is 47.3 Å². The summed E-state index contributed by atoms with van der Waals surface area (Å²) in [6, 6.07) is 2.00. The molecule has 0 bridgehead atoms. The molecule has 0 aromatic heterocycles. The van der Waals surface area contributed by atoms with Crippen LogP contribution in [0.4, 0.5) is 35.1 Å². The third-order valence-corrected chi connectivity index (χ3v) is 3.35. The first-order valence-electron chi connectivity index (χ1n) is 6.17. The first-order chi connectivity index (χ1) is 10.5. The Morgan fingerprint density at radius 1 is 0.870 bits per heavy atom. The summed E-state index contributed by atoms with van der Waals surface area (Å²) < 4.78 is 109. The molecule has 1 aromatic rings. The second kappa shape index (κ2) is 5.50. The van der Waals surface area contributed by atoms with E-state index in [4.69, 9.17) is 0 Å². The average Bonchev–Trinajstić information content (AvgIpc) is 2.47. The van der Waals surface area contributed by atoms with Gasteiger partial charge in [-0.25, -0.2) is 17.6 Å². The molecule has 0 saturated heterocycles. The van der Waals surface area contributed by atoms with Crippen molar-refractivity contribution >= 4 is 5.83 Å². The van der Waals surface area contributed by atoms with Crippen LogP contribution >= 0.6 is 0 Å². The SMILES string of the molecule is CC1=CC=C(/C(F)=C(\F)c2cccc(F)c2F)C(F)(F)C1(F)F. The highest BCUT2D eigenvalue weighted by molar-refractivity contribution is 5.67. The van der Waals surface area contributed by atoms with Gasteiger partial charge < -0.3 is 0 Å². The molecule has 0 amide bonds. The molecule has 0 spiro atoms. The van der Waals surface area contributed by atoms with E-state index in [-0.39, 0.29) is 6.08 Å². The lowest BCUT2D eigenvalue weighted by molar-refractivity contribution is -0.162. The largest absolute Gasteiger partial charge is 0.342 e. The third-order valence-electron chi connectivity index (χ3n) is 3.35. The van der Waals surface area contributed by atoms with E-state index in [0.29, 0.717) is 25.1 Å². The Labute approximate surface area is 125 Å². The smallest absolute Gasteiger partial charge is 0.204 e. The number of benzene rings is 1. The van der Waals surface area contributed by atoms with Gasteiger partial charge in [-0.05, 0) is 25.1 Å². The molecule has 0 saturated carbocycles. The van der Waals surface area contributed by atoms with Gasteiger partial charge in [-0.15, -0.1) is 0 Å². The van der Waals surface area contributed by atoms with Gasteiger partial charge >= 0.3 is 11.8 Å². The fourth-order valence-electron chi connectivity index (χ4n) is 1.96. The molecule has 0 nitrogen and oxygen atoms in total. The van der Waals surface area contributed by atoms with Crippen LogP contribution in [0.1, 0.15) is 12.5 Å². The quantitative estimate of drug-likeness (QED) is 0.603. The van der Waals surface area contributed by atoms with E-state index in [0.717, 1.165) is 6.07 Å². The van der Waals surface area contributed by atoms with E-state index in [1.807, 2.05) is 0 Å². The Balaban J connectivity index is 2.63. The summed E-state index contributed by atoms with van der Waals surface area (Å²) in [4.78, 5) is 0. The fourth-order valence-corrected chi connectivity index (χ4v) is 1.96. The van der Waals surface area contributed by atoms with Crippen LogP contribution in [-0.2, 0) is 0 Å². The van der Waals surface area contributed by atoms with Crippen molar-refractivity contribution in [1.82, 2.24) is 0 Å². The van der Waals surface area contributed by atoms with Crippen molar-refractivity contribution in [1.29, 1.82) is 0 Å². The van der Waals surface area contributed by atoms with Gasteiger partial charge in [-0.2, -0.15) is 17.6 Å². The van der Waals surface area contributed by atoms with E-state index < -0.39 is 51.8 Å². The number of alkyl halides is 4. The van der Waals surface area contributed by atoms with E-state index in [1.54, 1.807) is 0 Å². The van der Waals surface area contributed by atoms with Crippen LogP contribution < -0.4 is 0 Å². The van der Waals surface area contributed by atoms with Crippen molar-refractivity contribution in [2.45, 2.75) is 18.8 Å². The summed E-state index contributed by atoms with van der Waals surface area (Å²) in [5.74, 6) is -17.7. The van der Waals surface area contributed by atoms with Crippen molar-refractivity contribution < 1.29 is 35.1 Å². The van der Waals surface area contributed by atoms with Gasteiger partial charge in [0.15, 0.2) is 23.3 Å². The average molecular weight is 340 g/mol. The molecule has 0 N–H and O–H groups in total. The molecule has 0 fully saturated rings. The summed E-state index contributed by atoms with van der Waals surface area (Å²) in [5.41, 5.74) is -4.28. The number of allylic oxidation sites excluding steroid dienone is 5. The molecular weight excluding hydrogens is 332 g/mol. The maximum Gasteiger partial charge on any atom is 0.342 e. The van der Waals surface area contributed by atoms with Crippen LogP contribution in [0, 0.1) is 11.6 Å². The molecule has 1 aliphatic carbocycles.